The summed E-state index contributed by atoms with van der Waals surface area (Å²) in [6, 6.07) is 0.378. The monoisotopic (exact) mass is 220 g/mol. The van der Waals surface area contributed by atoms with Crippen LogP contribution >= 0.6 is 0 Å². The van der Waals surface area contributed by atoms with Gasteiger partial charge in [0.2, 0.25) is 0 Å². The Morgan fingerprint density at radius 1 is 1.12 bits per heavy atom. The molecule has 1 aromatic rings. The molecule has 2 N–H and O–H groups in total. The van der Waals surface area contributed by atoms with E-state index in [1.165, 1.54) is 37.3 Å². The lowest BCUT2D eigenvalue weighted by Crippen LogP contribution is -2.15. The normalized spacial score (nSPS) is 30.1. The van der Waals surface area contributed by atoms with Gasteiger partial charge in [-0.2, -0.15) is 0 Å². The van der Waals surface area contributed by atoms with Crippen LogP contribution in [0.2, 0.25) is 0 Å². The van der Waals surface area contributed by atoms with Crippen molar-refractivity contribution in [3.05, 3.63) is 11.6 Å². The molecular weight excluding hydrogens is 200 g/mol. The molecule has 4 nitrogen and oxygen atoms in total. The molecule has 16 heavy (non-hydrogen) atoms. The third-order valence-electron chi connectivity index (χ3n) is 3.98. The van der Waals surface area contributed by atoms with E-state index in [4.69, 9.17) is 5.73 Å². The van der Waals surface area contributed by atoms with Gasteiger partial charge in [-0.3, -0.25) is 0 Å². The van der Waals surface area contributed by atoms with Crippen molar-refractivity contribution in [3.63, 3.8) is 0 Å². The number of hydrogen-bond acceptors (Lipinski definition) is 3. The average molecular weight is 220 g/mol. The zero-order valence-corrected chi connectivity index (χ0v) is 9.73. The van der Waals surface area contributed by atoms with Gasteiger partial charge in [-0.25, -0.2) is 0 Å². The van der Waals surface area contributed by atoms with Crippen LogP contribution in [0.5, 0.6) is 0 Å². The van der Waals surface area contributed by atoms with E-state index in [1.807, 2.05) is 0 Å². The molecule has 3 rings (SSSR count). The van der Waals surface area contributed by atoms with Gasteiger partial charge in [0.1, 0.15) is 11.6 Å². The highest BCUT2D eigenvalue weighted by Crippen LogP contribution is 2.33. The Morgan fingerprint density at radius 3 is 2.88 bits per heavy atom. The number of nitrogens with two attached hydrogens (primary N) is 1. The van der Waals surface area contributed by atoms with Crippen molar-refractivity contribution in [1.82, 2.24) is 14.8 Å². The second kappa shape index (κ2) is 4.17. The molecule has 1 saturated carbocycles. The largest absolute Gasteiger partial charge is 0.328 e. The van der Waals surface area contributed by atoms with Crippen LogP contribution in [0.4, 0.5) is 0 Å². The molecule has 1 aliphatic heterocycles. The summed E-state index contributed by atoms with van der Waals surface area (Å²) in [6.45, 7) is 1.11. The first kappa shape index (κ1) is 10.3. The lowest BCUT2D eigenvalue weighted by molar-refractivity contribution is 0.554. The minimum Gasteiger partial charge on any atom is -0.328 e. The Bertz CT molecular complexity index is 371. The van der Waals surface area contributed by atoms with Crippen LogP contribution in [0.25, 0.3) is 0 Å². The van der Waals surface area contributed by atoms with Gasteiger partial charge >= 0.3 is 0 Å². The molecule has 0 amide bonds. The van der Waals surface area contributed by atoms with Crippen molar-refractivity contribution in [3.8, 4) is 0 Å². The van der Waals surface area contributed by atoms with Gasteiger partial charge in [-0.1, -0.05) is 6.42 Å². The summed E-state index contributed by atoms with van der Waals surface area (Å²) >= 11 is 0. The Balaban J connectivity index is 1.87. The van der Waals surface area contributed by atoms with Gasteiger partial charge < -0.3 is 10.3 Å². The summed E-state index contributed by atoms with van der Waals surface area (Å²) in [4.78, 5) is 0. The van der Waals surface area contributed by atoms with Crippen molar-refractivity contribution in [2.45, 2.75) is 63.5 Å². The third kappa shape index (κ3) is 1.75. The summed E-state index contributed by atoms with van der Waals surface area (Å²) in [5.74, 6) is 2.98. The van der Waals surface area contributed by atoms with E-state index in [2.05, 4.69) is 14.8 Å². The van der Waals surface area contributed by atoms with E-state index < -0.39 is 0 Å². The highest BCUT2D eigenvalue weighted by atomic mass is 15.3. The van der Waals surface area contributed by atoms with Gasteiger partial charge in [0.25, 0.3) is 0 Å². The summed E-state index contributed by atoms with van der Waals surface area (Å²) < 4.78 is 2.37. The van der Waals surface area contributed by atoms with Gasteiger partial charge in [0, 0.05) is 24.9 Å². The Kier molecular flexibility index (Phi) is 2.67. The summed E-state index contributed by atoms with van der Waals surface area (Å²) in [6.07, 6.45) is 8.40. The van der Waals surface area contributed by atoms with E-state index in [0.717, 1.165) is 25.8 Å². The molecule has 0 spiro atoms. The van der Waals surface area contributed by atoms with Crippen LogP contribution in [-0.4, -0.2) is 20.8 Å². The minimum absolute atomic E-state index is 0.378. The molecule has 1 aliphatic carbocycles. The summed E-state index contributed by atoms with van der Waals surface area (Å²) in [5, 5.41) is 8.77. The zero-order valence-electron chi connectivity index (χ0n) is 9.73. The zero-order chi connectivity index (χ0) is 11.0. The fourth-order valence-electron chi connectivity index (χ4n) is 3.06. The smallest absolute Gasteiger partial charge is 0.136 e. The van der Waals surface area contributed by atoms with E-state index in [9.17, 15) is 0 Å². The number of aryl methyl sites for hydroxylation is 1. The van der Waals surface area contributed by atoms with E-state index in [1.54, 1.807) is 0 Å². The molecule has 88 valence electrons. The molecule has 2 atom stereocenters. The first-order valence-electron chi connectivity index (χ1n) is 6.52. The topological polar surface area (TPSA) is 56.7 Å². The molecule has 0 unspecified atom stereocenters. The molecule has 2 aliphatic rings. The predicted molar refractivity (Wildman–Crippen MR) is 62.1 cm³/mol. The second-order valence-electron chi connectivity index (χ2n) is 5.21. The number of fused-ring (bicyclic) bond motifs is 1. The fraction of sp³-hybridized carbons (Fsp3) is 0.833. The summed E-state index contributed by atoms with van der Waals surface area (Å²) in [5.41, 5.74) is 5.98. The van der Waals surface area contributed by atoms with Gasteiger partial charge in [-0.05, 0) is 32.1 Å². The van der Waals surface area contributed by atoms with E-state index in [-0.39, 0.29) is 0 Å². The quantitative estimate of drug-likeness (QED) is 0.782. The molecule has 1 fully saturated rings. The number of rotatable bonds is 1. The van der Waals surface area contributed by atoms with Crippen molar-refractivity contribution in [2.75, 3.05) is 0 Å². The van der Waals surface area contributed by atoms with Crippen LogP contribution in [0, 0.1) is 0 Å². The number of hydrogen-bond donors (Lipinski definition) is 1. The Hall–Kier alpha value is -0.900. The Labute approximate surface area is 96.2 Å². The maximum Gasteiger partial charge on any atom is 0.136 e. The molecular formula is C12H20N4. The van der Waals surface area contributed by atoms with Crippen LogP contribution in [0.3, 0.4) is 0 Å². The maximum atomic E-state index is 5.98. The molecule has 0 saturated heterocycles. The summed E-state index contributed by atoms with van der Waals surface area (Å²) in [7, 11) is 0. The van der Waals surface area contributed by atoms with Crippen molar-refractivity contribution in [1.29, 1.82) is 0 Å². The first-order valence-corrected chi connectivity index (χ1v) is 6.52. The average Bonchev–Trinajstić information content (AvgIpc) is 2.79. The predicted octanol–water partition coefficient (Wildman–Crippen LogP) is 1.60. The standard InChI is InChI=1S/C12H20N4/c13-10-6-5-9(8-10)12-15-14-11-4-2-1-3-7-16(11)12/h9-10H,1-8,13H2/t9-,10+/m1/s1. The molecule has 0 aromatic carbocycles. The number of nitrogens with zero attached hydrogens (tertiary/aromatic N) is 3. The van der Waals surface area contributed by atoms with Crippen LogP contribution in [-0.2, 0) is 13.0 Å². The molecule has 0 bridgehead atoms. The molecule has 0 radical (unpaired) electrons. The fourth-order valence-corrected chi connectivity index (χ4v) is 3.06. The third-order valence-corrected chi connectivity index (χ3v) is 3.98. The van der Waals surface area contributed by atoms with E-state index in [0.29, 0.717) is 12.0 Å². The molecule has 2 heterocycles. The lowest BCUT2D eigenvalue weighted by atomic mass is 10.1. The van der Waals surface area contributed by atoms with Gasteiger partial charge in [-0.15, -0.1) is 10.2 Å². The molecule has 1 aromatic heterocycles. The highest BCUT2D eigenvalue weighted by molar-refractivity contribution is 5.06. The van der Waals surface area contributed by atoms with Crippen molar-refractivity contribution >= 4 is 0 Å². The van der Waals surface area contributed by atoms with Crippen molar-refractivity contribution < 1.29 is 0 Å². The Morgan fingerprint density at radius 2 is 2.06 bits per heavy atom. The lowest BCUT2D eigenvalue weighted by Gasteiger charge is -2.11. The van der Waals surface area contributed by atoms with Crippen molar-refractivity contribution in [2.24, 2.45) is 5.73 Å². The SMILES string of the molecule is N[C@H]1CC[C@@H](c2nnc3n2CCCCC3)C1. The molecule has 4 heteroatoms. The first-order chi connectivity index (χ1) is 7.84. The van der Waals surface area contributed by atoms with Gasteiger partial charge in [0.15, 0.2) is 0 Å². The second-order valence-corrected chi connectivity index (χ2v) is 5.21. The maximum absolute atomic E-state index is 5.98. The van der Waals surface area contributed by atoms with Crippen LogP contribution < -0.4 is 5.73 Å². The highest BCUT2D eigenvalue weighted by Gasteiger charge is 2.28. The minimum atomic E-state index is 0.378. The van der Waals surface area contributed by atoms with Gasteiger partial charge in [0.05, 0.1) is 0 Å². The number of aromatic nitrogens is 3. The van der Waals surface area contributed by atoms with E-state index >= 15 is 0 Å². The van der Waals surface area contributed by atoms with Crippen LogP contribution in [0.15, 0.2) is 0 Å². The van der Waals surface area contributed by atoms with Crippen LogP contribution in [0.1, 0.15) is 56.1 Å².